The third-order valence-corrected chi connectivity index (χ3v) is 5.74. The number of nitrogens with zero attached hydrogens (tertiary/aromatic N) is 4. The Labute approximate surface area is 178 Å². The van der Waals surface area contributed by atoms with Gasteiger partial charge in [0.2, 0.25) is 0 Å². The van der Waals surface area contributed by atoms with Crippen LogP contribution in [-0.4, -0.2) is 30.4 Å². The van der Waals surface area contributed by atoms with Crippen molar-refractivity contribution in [3.8, 4) is 11.5 Å². The summed E-state index contributed by atoms with van der Waals surface area (Å²) in [7, 11) is 0. The number of nitrogens with one attached hydrogen (secondary N) is 1. The summed E-state index contributed by atoms with van der Waals surface area (Å²) in [6.07, 6.45) is 2.44. The number of non-ortho nitro benzene ring substituents is 1. The smallest absolute Gasteiger partial charge is 0.411 e. The summed E-state index contributed by atoms with van der Waals surface area (Å²) in [5, 5.41) is 20.6. The topological polar surface area (TPSA) is 133 Å². The van der Waals surface area contributed by atoms with Crippen molar-refractivity contribution in [1.82, 2.24) is 19.7 Å². The van der Waals surface area contributed by atoms with Crippen molar-refractivity contribution in [1.29, 1.82) is 0 Å². The highest BCUT2D eigenvalue weighted by Crippen LogP contribution is 2.29. The first-order chi connectivity index (χ1) is 15.1. The van der Waals surface area contributed by atoms with Crippen molar-refractivity contribution < 1.29 is 13.8 Å². The van der Waals surface area contributed by atoms with Crippen LogP contribution in [0.15, 0.2) is 67.5 Å². The molecule has 31 heavy (non-hydrogen) atoms. The van der Waals surface area contributed by atoms with Crippen molar-refractivity contribution in [3.63, 3.8) is 0 Å². The molecule has 2 aromatic carbocycles. The summed E-state index contributed by atoms with van der Waals surface area (Å²) < 4.78 is 12.3. The van der Waals surface area contributed by atoms with Crippen molar-refractivity contribution in [2.24, 2.45) is 0 Å². The first-order valence-electron chi connectivity index (χ1n) is 9.41. The first-order valence-corrected chi connectivity index (χ1v) is 10.4. The molecule has 0 aliphatic carbocycles. The van der Waals surface area contributed by atoms with E-state index >= 15 is 0 Å². The number of para-hydroxylation sites is 1. The highest BCUT2D eigenvalue weighted by atomic mass is 32.2. The van der Waals surface area contributed by atoms with Crippen LogP contribution in [0.25, 0.3) is 33.5 Å². The van der Waals surface area contributed by atoms with E-state index in [1.807, 2.05) is 30.5 Å². The number of rotatable bonds is 7. The molecule has 0 amide bonds. The van der Waals surface area contributed by atoms with Crippen LogP contribution < -0.4 is 5.76 Å². The molecule has 11 heteroatoms. The van der Waals surface area contributed by atoms with Crippen LogP contribution in [-0.2, 0) is 6.54 Å². The zero-order valence-electron chi connectivity index (χ0n) is 16.0. The standard InChI is InChI=1S/C20H15N5O5S/c26-20-24(16-10-12(25(27)28)6-7-17(16)29-20)8-3-9-31-19-23-22-18(30-19)14-11-21-15-5-2-1-4-13(14)15/h1-2,4-7,10-11,21H,3,8-9H2. The number of oxazole rings is 1. The molecule has 0 aliphatic heterocycles. The normalized spacial score (nSPS) is 11.5. The second kappa shape index (κ2) is 7.76. The van der Waals surface area contributed by atoms with Gasteiger partial charge in [-0.3, -0.25) is 14.7 Å². The molecule has 0 aliphatic rings. The fourth-order valence-corrected chi connectivity index (χ4v) is 4.07. The number of fused-ring (bicyclic) bond motifs is 2. The summed E-state index contributed by atoms with van der Waals surface area (Å²) >= 11 is 1.38. The Morgan fingerprint density at radius 1 is 1.16 bits per heavy atom. The van der Waals surface area contributed by atoms with Crippen molar-refractivity contribution >= 4 is 39.5 Å². The lowest BCUT2D eigenvalue weighted by atomic mass is 10.2. The number of aromatic amines is 1. The molecule has 0 radical (unpaired) electrons. The predicted molar refractivity (Wildman–Crippen MR) is 114 cm³/mol. The van der Waals surface area contributed by atoms with Crippen LogP contribution in [0.2, 0.25) is 0 Å². The minimum Gasteiger partial charge on any atom is -0.411 e. The van der Waals surface area contributed by atoms with Gasteiger partial charge in [0.05, 0.1) is 16.0 Å². The number of aromatic nitrogens is 4. The second-order valence-electron chi connectivity index (χ2n) is 6.75. The van der Waals surface area contributed by atoms with Crippen molar-refractivity contribution in [3.05, 3.63) is 69.3 Å². The predicted octanol–water partition coefficient (Wildman–Crippen LogP) is 4.22. The van der Waals surface area contributed by atoms with E-state index < -0.39 is 10.7 Å². The van der Waals surface area contributed by atoms with Crippen LogP contribution in [0, 0.1) is 10.1 Å². The highest BCUT2D eigenvalue weighted by Gasteiger charge is 2.15. The quantitative estimate of drug-likeness (QED) is 0.173. The molecule has 0 spiro atoms. The van der Waals surface area contributed by atoms with Gasteiger partial charge in [0.25, 0.3) is 16.8 Å². The van der Waals surface area contributed by atoms with Gasteiger partial charge in [-0.25, -0.2) is 4.79 Å². The maximum absolute atomic E-state index is 12.1. The highest BCUT2D eigenvalue weighted by molar-refractivity contribution is 7.99. The van der Waals surface area contributed by atoms with Gasteiger partial charge in [0.15, 0.2) is 5.58 Å². The molecule has 3 aromatic heterocycles. The third kappa shape index (κ3) is 3.59. The van der Waals surface area contributed by atoms with Gasteiger partial charge in [0, 0.05) is 41.5 Å². The Morgan fingerprint density at radius 2 is 2.03 bits per heavy atom. The number of hydrogen-bond donors (Lipinski definition) is 1. The van der Waals surface area contributed by atoms with Gasteiger partial charge in [0.1, 0.15) is 0 Å². The lowest BCUT2D eigenvalue weighted by Crippen LogP contribution is -2.14. The minimum atomic E-state index is -0.542. The molecule has 5 rings (SSSR count). The van der Waals surface area contributed by atoms with Crippen LogP contribution in [0.4, 0.5) is 5.69 Å². The summed E-state index contributed by atoms with van der Waals surface area (Å²) in [5.41, 5.74) is 2.47. The summed E-state index contributed by atoms with van der Waals surface area (Å²) in [6.45, 7) is 0.351. The fraction of sp³-hybridized carbons (Fsp3) is 0.150. The number of nitro benzene ring substituents is 1. The van der Waals surface area contributed by atoms with Crippen LogP contribution >= 0.6 is 11.8 Å². The van der Waals surface area contributed by atoms with E-state index in [1.165, 1.54) is 34.5 Å². The SMILES string of the molecule is O=c1oc2ccc([N+](=O)[O-])cc2n1CCCSc1nnc(-c2c[nH]c3ccccc23)o1. The van der Waals surface area contributed by atoms with Gasteiger partial charge in [-0.2, -0.15) is 0 Å². The van der Waals surface area contributed by atoms with E-state index in [0.29, 0.717) is 40.9 Å². The molecule has 156 valence electrons. The van der Waals surface area contributed by atoms with Crippen LogP contribution in [0.3, 0.4) is 0 Å². The first kappa shape index (κ1) is 19.1. The Bertz CT molecular complexity index is 1460. The number of benzene rings is 2. The van der Waals surface area contributed by atoms with Crippen molar-refractivity contribution in [2.45, 2.75) is 18.2 Å². The molecule has 0 bridgehead atoms. The molecule has 0 fully saturated rings. The lowest BCUT2D eigenvalue weighted by molar-refractivity contribution is -0.384. The zero-order valence-corrected chi connectivity index (χ0v) is 16.8. The fourth-order valence-electron chi connectivity index (χ4n) is 3.38. The average Bonchev–Trinajstić information content (AvgIpc) is 3.47. The molecule has 3 heterocycles. The van der Waals surface area contributed by atoms with Crippen LogP contribution in [0.1, 0.15) is 6.42 Å². The maximum Gasteiger partial charge on any atom is 0.419 e. The Morgan fingerprint density at radius 3 is 2.90 bits per heavy atom. The maximum atomic E-state index is 12.1. The van der Waals surface area contributed by atoms with Gasteiger partial charge in [-0.15, -0.1) is 10.2 Å². The molecule has 0 atom stereocenters. The third-order valence-electron chi connectivity index (χ3n) is 4.84. The van der Waals surface area contributed by atoms with E-state index in [1.54, 1.807) is 0 Å². The van der Waals surface area contributed by atoms with Gasteiger partial charge < -0.3 is 13.8 Å². The second-order valence-corrected chi connectivity index (χ2v) is 7.80. The van der Waals surface area contributed by atoms with E-state index in [-0.39, 0.29) is 5.69 Å². The molecular weight excluding hydrogens is 422 g/mol. The zero-order chi connectivity index (χ0) is 21.4. The van der Waals surface area contributed by atoms with E-state index in [0.717, 1.165) is 16.5 Å². The van der Waals surface area contributed by atoms with Gasteiger partial charge in [-0.05, 0) is 18.6 Å². The van der Waals surface area contributed by atoms with Gasteiger partial charge in [-0.1, -0.05) is 30.0 Å². The monoisotopic (exact) mass is 437 g/mol. The Hall–Kier alpha value is -3.86. The number of hydrogen-bond acceptors (Lipinski definition) is 8. The Kier molecular flexibility index (Phi) is 4.79. The number of aryl methyl sites for hydroxylation is 1. The molecule has 5 aromatic rings. The molecule has 0 unspecified atom stereocenters. The van der Waals surface area contributed by atoms with Crippen LogP contribution in [0.5, 0.6) is 0 Å². The largest absolute Gasteiger partial charge is 0.419 e. The van der Waals surface area contributed by atoms with Crippen molar-refractivity contribution in [2.75, 3.05) is 5.75 Å². The number of nitro groups is 1. The summed E-state index contributed by atoms with van der Waals surface area (Å²) in [5.74, 6) is 0.507. The molecule has 0 saturated carbocycles. The minimum absolute atomic E-state index is 0.0907. The molecular formula is C20H15N5O5S. The van der Waals surface area contributed by atoms with E-state index in [2.05, 4.69) is 15.2 Å². The number of H-pyrrole nitrogens is 1. The van der Waals surface area contributed by atoms with E-state index in [4.69, 9.17) is 8.83 Å². The van der Waals surface area contributed by atoms with E-state index in [9.17, 15) is 14.9 Å². The molecule has 10 nitrogen and oxygen atoms in total. The molecule has 0 saturated heterocycles. The molecule has 1 N–H and O–H groups in total. The van der Waals surface area contributed by atoms with Gasteiger partial charge >= 0.3 is 5.76 Å². The Balaban J connectivity index is 1.25. The number of thioether (sulfide) groups is 1. The average molecular weight is 437 g/mol. The summed E-state index contributed by atoms with van der Waals surface area (Å²) in [6, 6.07) is 11.9. The summed E-state index contributed by atoms with van der Waals surface area (Å²) in [4.78, 5) is 25.8. The lowest BCUT2D eigenvalue weighted by Gasteiger charge is -2.01.